The van der Waals surface area contributed by atoms with Crippen molar-refractivity contribution in [1.82, 2.24) is 0 Å². The summed E-state index contributed by atoms with van der Waals surface area (Å²) in [6.45, 7) is 0. The average Bonchev–Trinajstić information content (AvgIpc) is 2.49. The number of nitro benzene ring substituents is 1. The van der Waals surface area contributed by atoms with Gasteiger partial charge in [0, 0.05) is 17.9 Å². The first-order valence-corrected chi connectivity index (χ1v) is 7.27. The molecule has 1 aliphatic heterocycles. The standard InChI is InChI=1S/C12H14ClNO7S/c13-6-3-5(14(18)19)1-2-7(6)20-12-11(17)10(16)9(15)8(4-22)21-12/h1-3,8-12,15-17,22H,4H2/t8?,9-,10+,11?,12-/m1/s1. The molecule has 122 valence electrons. The SMILES string of the molecule is O=[N+]([O-])c1ccc(O[C@@H]2OC(CS)[C@@H](O)[C@H](O)C2O)c(Cl)c1. The number of aliphatic hydroxyl groups is 3. The number of nitro groups is 1. The third kappa shape index (κ3) is 3.45. The molecule has 1 aliphatic rings. The zero-order chi connectivity index (χ0) is 16.4. The summed E-state index contributed by atoms with van der Waals surface area (Å²) in [6.07, 6.45) is -6.44. The summed E-state index contributed by atoms with van der Waals surface area (Å²) in [5.74, 6) is 0.136. The Morgan fingerprint density at radius 1 is 1.32 bits per heavy atom. The number of ether oxygens (including phenoxy) is 2. The van der Waals surface area contributed by atoms with Gasteiger partial charge in [-0.1, -0.05) is 11.6 Å². The Kier molecular flexibility index (Phi) is 5.48. The fraction of sp³-hybridized carbons (Fsp3) is 0.500. The molecule has 22 heavy (non-hydrogen) atoms. The van der Waals surface area contributed by atoms with E-state index in [1.165, 1.54) is 12.1 Å². The van der Waals surface area contributed by atoms with E-state index in [1.54, 1.807) is 0 Å². The predicted octanol–water partition coefficient (Wildman–Crippen LogP) is 0.364. The highest BCUT2D eigenvalue weighted by Crippen LogP contribution is 2.32. The maximum atomic E-state index is 10.6. The number of hydrogen-bond acceptors (Lipinski definition) is 8. The molecule has 5 atom stereocenters. The molecule has 1 fully saturated rings. The van der Waals surface area contributed by atoms with Crippen molar-refractivity contribution in [2.24, 2.45) is 0 Å². The average molecular weight is 352 g/mol. The van der Waals surface area contributed by atoms with Crippen molar-refractivity contribution in [2.45, 2.75) is 30.7 Å². The van der Waals surface area contributed by atoms with Crippen LogP contribution in [0.3, 0.4) is 0 Å². The van der Waals surface area contributed by atoms with Crippen molar-refractivity contribution >= 4 is 29.9 Å². The molecule has 0 bridgehead atoms. The maximum Gasteiger partial charge on any atom is 0.271 e. The van der Waals surface area contributed by atoms with Crippen molar-refractivity contribution in [1.29, 1.82) is 0 Å². The molecule has 3 N–H and O–H groups in total. The molecule has 1 heterocycles. The maximum absolute atomic E-state index is 10.6. The van der Waals surface area contributed by atoms with E-state index in [9.17, 15) is 25.4 Å². The zero-order valence-corrected chi connectivity index (χ0v) is 12.7. The second-order valence-corrected chi connectivity index (χ2v) is 5.46. The minimum atomic E-state index is -1.52. The number of thiol groups is 1. The third-order valence-corrected chi connectivity index (χ3v) is 3.87. The fourth-order valence-electron chi connectivity index (χ4n) is 1.99. The van der Waals surface area contributed by atoms with Crippen molar-refractivity contribution in [3.8, 4) is 5.75 Å². The van der Waals surface area contributed by atoms with Crippen LogP contribution in [-0.4, -0.2) is 56.7 Å². The van der Waals surface area contributed by atoms with Gasteiger partial charge < -0.3 is 24.8 Å². The fourth-order valence-corrected chi connectivity index (χ4v) is 2.51. The third-order valence-electron chi connectivity index (χ3n) is 3.22. The predicted molar refractivity (Wildman–Crippen MR) is 79.3 cm³/mol. The first-order chi connectivity index (χ1) is 10.3. The van der Waals surface area contributed by atoms with Crippen LogP contribution in [-0.2, 0) is 4.74 Å². The van der Waals surface area contributed by atoms with Crippen LogP contribution < -0.4 is 4.74 Å². The number of non-ortho nitro benzene ring substituents is 1. The van der Waals surface area contributed by atoms with E-state index in [-0.39, 0.29) is 22.2 Å². The Morgan fingerprint density at radius 3 is 2.55 bits per heavy atom. The number of nitrogens with zero attached hydrogens (tertiary/aromatic N) is 1. The van der Waals surface area contributed by atoms with Crippen LogP contribution >= 0.6 is 24.2 Å². The van der Waals surface area contributed by atoms with Crippen LogP contribution in [0.4, 0.5) is 5.69 Å². The van der Waals surface area contributed by atoms with Crippen molar-refractivity contribution in [2.75, 3.05) is 5.75 Å². The smallest absolute Gasteiger partial charge is 0.271 e. The molecule has 0 amide bonds. The molecule has 0 aromatic heterocycles. The van der Waals surface area contributed by atoms with E-state index in [1.807, 2.05) is 0 Å². The Morgan fingerprint density at radius 2 is 2.00 bits per heavy atom. The van der Waals surface area contributed by atoms with Gasteiger partial charge in [-0.3, -0.25) is 10.1 Å². The Balaban J connectivity index is 2.17. The van der Waals surface area contributed by atoms with Crippen molar-refractivity contribution < 1.29 is 29.7 Å². The van der Waals surface area contributed by atoms with Crippen LogP contribution in [0.15, 0.2) is 18.2 Å². The van der Waals surface area contributed by atoms with Gasteiger partial charge >= 0.3 is 0 Å². The van der Waals surface area contributed by atoms with Crippen LogP contribution in [0, 0.1) is 10.1 Å². The van der Waals surface area contributed by atoms with E-state index in [4.69, 9.17) is 21.1 Å². The monoisotopic (exact) mass is 351 g/mol. The van der Waals surface area contributed by atoms with Crippen LogP contribution in [0.1, 0.15) is 0 Å². The molecule has 0 saturated carbocycles. The molecule has 2 unspecified atom stereocenters. The van der Waals surface area contributed by atoms with Gasteiger partial charge in [0.1, 0.15) is 24.1 Å². The minimum absolute atomic E-state index is 0.0396. The summed E-state index contributed by atoms with van der Waals surface area (Å²) < 4.78 is 10.7. The van der Waals surface area contributed by atoms with E-state index in [0.717, 1.165) is 6.07 Å². The number of benzene rings is 1. The lowest BCUT2D eigenvalue weighted by atomic mass is 10.00. The molecule has 0 aliphatic carbocycles. The molecular weight excluding hydrogens is 338 g/mol. The van der Waals surface area contributed by atoms with Crippen molar-refractivity contribution in [3.63, 3.8) is 0 Å². The minimum Gasteiger partial charge on any atom is -0.460 e. The van der Waals surface area contributed by atoms with Crippen molar-refractivity contribution in [3.05, 3.63) is 33.3 Å². The second-order valence-electron chi connectivity index (χ2n) is 4.69. The zero-order valence-electron chi connectivity index (χ0n) is 11.1. The van der Waals surface area contributed by atoms with Crippen LogP contribution in [0.5, 0.6) is 5.75 Å². The lowest BCUT2D eigenvalue weighted by Gasteiger charge is -2.39. The summed E-state index contributed by atoms with van der Waals surface area (Å²) >= 11 is 9.86. The van der Waals surface area contributed by atoms with E-state index in [0.29, 0.717) is 0 Å². The molecule has 1 saturated heterocycles. The molecular formula is C12H14ClNO7S. The summed E-state index contributed by atoms with van der Waals surface area (Å²) in [7, 11) is 0. The summed E-state index contributed by atoms with van der Waals surface area (Å²) in [5, 5.41) is 39.9. The van der Waals surface area contributed by atoms with E-state index >= 15 is 0 Å². The van der Waals surface area contributed by atoms with Crippen LogP contribution in [0.25, 0.3) is 0 Å². The molecule has 0 radical (unpaired) electrons. The van der Waals surface area contributed by atoms with Gasteiger partial charge in [-0.2, -0.15) is 12.6 Å². The summed E-state index contributed by atoms with van der Waals surface area (Å²) in [6, 6.07) is 3.52. The van der Waals surface area contributed by atoms with Crippen LogP contribution in [0.2, 0.25) is 5.02 Å². The largest absolute Gasteiger partial charge is 0.460 e. The van der Waals surface area contributed by atoms with Gasteiger partial charge in [0.15, 0.2) is 0 Å². The Hall–Kier alpha value is -1.10. The van der Waals surface area contributed by atoms with Gasteiger partial charge in [0.05, 0.1) is 16.0 Å². The van der Waals surface area contributed by atoms with Gasteiger partial charge in [0.25, 0.3) is 5.69 Å². The topological polar surface area (TPSA) is 122 Å². The second kappa shape index (κ2) is 6.99. The highest BCUT2D eigenvalue weighted by Gasteiger charge is 2.44. The summed E-state index contributed by atoms with van der Waals surface area (Å²) in [4.78, 5) is 10.0. The summed E-state index contributed by atoms with van der Waals surface area (Å²) in [5.41, 5.74) is -0.217. The molecule has 1 aromatic carbocycles. The molecule has 10 heteroatoms. The highest BCUT2D eigenvalue weighted by molar-refractivity contribution is 7.80. The number of hydrogen-bond donors (Lipinski definition) is 4. The first-order valence-electron chi connectivity index (χ1n) is 6.26. The lowest BCUT2D eigenvalue weighted by molar-refractivity contribution is -0.384. The molecule has 2 rings (SSSR count). The van der Waals surface area contributed by atoms with E-state index < -0.39 is 35.6 Å². The van der Waals surface area contributed by atoms with Gasteiger partial charge in [-0.25, -0.2) is 0 Å². The highest BCUT2D eigenvalue weighted by atomic mass is 35.5. The normalized spacial score (nSPS) is 31.8. The lowest BCUT2D eigenvalue weighted by Crippen LogP contribution is -2.59. The molecule has 8 nitrogen and oxygen atoms in total. The first kappa shape index (κ1) is 17.3. The van der Waals surface area contributed by atoms with E-state index in [2.05, 4.69) is 12.6 Å². The number of aliphatic hydroxyl groups excluding tert-OH is 3. The quantitative estimate of drug-likeness (QED) is 0.351. The molecule has 0 spiro atoms. The molecule has 1 aromatic rings. The van der Waals surface area contributed by atoms with Gasteiger partial charge in [-0.15, -0.1) is 0 Å². The Labute approximate surface area is 135 Å². The number of rotatable bonds is 4. The van der Waals surface area contributed by atoms with Gasteiger partial charge in [-0.05, 0) is 6.07 Å². The number of halogens is 1. The van der Waals surface area contributed by atoms with Gasteiger partial charge in [0.2, 0.25) is 6.29 Å². The Bertz CT molecular complexity index is 558.